The second-order valence-electron chi connectivity index (χ2n) is 10.7. The second kappa shape index (κ2) is 8.11. The number of likely N-dealkylation sites (tertiary alicyclic amines) is 3. The highest BCUT2D eigenvalue weighted by molar-refractivity contribution is 5.68. The van der Waals surface area contributed by atoms with Gasteiger partial charge in [-0.05, 0) is 33.6 Å². The zero-order valence-electron chi connectivity index (χ0n) is 18.2. The zero-order chi connectivity index (χ0) is 19.8. The summed E-state index contributed by atoms with van der Waals surface area (Å²) in [5, 5.41) is 0. The molecular formula is C22H41N3O3+2. The van der Waals surface area contributed by atoms with Crippen molar-refractivity contribution < 1.29 is 24.1 Å². The zero-order valence-corrected chi connectivity index (χ0v) is 18.2. The number of piperidine rings is 2. The van der Waals surface area contributed by atoms with Crippen LogP contribution in [0.4, 0.5) is 4.79 Å². The number of ether oxygens (including phenoxy) is 2. The van der Waals surface area contributed by atoms with Gasteiger partial charge < -0.3 is 24.2 Å². The molecule has 0 aromatic heterocycles. The quantitative estimate of drug-likeness (QED) is 0.706. The van der Waals surface area contributed by atoms with E-state index in [1.807, 2.05) is 30.6 Å². The predicted octanol–water partition coefficient (Wildman–Crippen LogP) is 0.271. The lowest BCUT2D eigenvalue weighted by atomic mass is 9.86. The summed E-state index contributed by atoms with van der Waals surface area (Å²) in [6, 6.07) is 1.57. The molecule has 4 aliphatic heterocycles. The SMILES string of the molecule is CC(C)(C)OC(=O)N1CCC2(CC1)C[C@@H]([NH+]1CCC([NH+]3CCCC3)CC1)CO2. The topological polar surface area (TPSA) is 47.6 Å². The standard InChI is InChI=1S/C22H39N3O3/c1-21(2,3)28-20(26)25-14-8-22(9-15-25)16-19(17-27-22)24-12-6-18(7-13-24)23-10-4-5-11-23/h18-19H,4-17H2,1-3H3/p+2/t19-/m1/s1. The highest BCUT2D eigenvalue weighted by Gasteiger charge is 2.48. The molecule has 0 saturated carbocycles. The van der Waals surface area contributed by atoms with Crippen LogP contribution in [0.15, 0.2) is 0 Å². The summed E-state index contributed by atoms with van der Waals surface area (Å²) in [5.41, 5.74) is -0.416. The molecule has 160 valence electrons. The Labute approximate surface area is 170 Å². The molecule has 0 unspecified atom stereocenters. The van der Waals surface area contributed by atoms with E-state index in [4.69, 9.17) is 9.47 Å². The molecule has 1 atom stereocenters. The van der Waals surface area contributed by atoms with Crippen LogP contribution in [0.25, 0.3) is 0 Å². The molecule has 4 saturated heterocycles. The Morgan fingerprint density at radius 3 is 2.21 bits per heavy atom. The Hall–Kier alpha value is -0.850. The molecule has 2 N–H and O–H groups in total. The van der Waals surface area contributed by atoms with Crippen molar-refractivity contribution in [1.82, 2.24) is 4.90 Å². The minimum absolute atomic E-state index is 0.00717. The maximum absolute atomic E-state index is 12.3. The minimum atomic E-state index is -0.423. The lowest BCUT2D eigenvalue weighted by molar-refractivity contribution is -0.962. The fourth-order valence-electron chi connectivity index (χ4n) is 5.92. The summed E-state index contributed by atoms with van der Waals surface area (Å²) in [7, 11) is 0. The van der Waals surface area contributed by atoms with E-state index >= 15 is 0 Å². The van der Waals surface area contributed by atoms with Gasteiger partial charge in [0.1, 0.15) is 11.6 Å². The molecule has 4 heterocycles. The van der Waals surface area contributed by atoms with Crippen LogP contribution in [0, 0.1) is 0 Å². The van der Waals surface area contributed by atoms with Gasteiger partial charge >= 0.3 is 6.09 Å². The molecule has 4 fully saturated rings. The summed E-state index contributed by atoms with van der Waals surface area (Å²) in [6.07, 6.45) is 8.55. The molecule has 6 nitrogen and oxygen atoms in total. The van der Waals surface area contributed by atoms with Crippen LogP contribution in [-0.4, -0.2) is 80.2 Å². The van der Waals surface area contributed by atoms with Crippen LogP contribution in [0.3, 0.4) is 0 Å². The number of rotatable bonds is 2. The largest absolute Gasteiger partial charge is 0.444 e. The lowest BCUT2D eigenvalue weighted by Gasteiger charge is -2.39. The summed E-state index contributed by atoms with van der Waals surface area (Å²) in [5.74, 6) is 0. The average molecular weight is 396 g/mol. The van der Waals surface area contributed by atoms with E-state index in [2.05, 4.69) is 0 Å². The summed E-state index contributed by atoms with van der Waals surface area (Å²) in [4.78, 5) is 17.9. The molecule has 0 aromatic carbocycles. The summed E-state index contributed by atoms with van der Waals surface area (Å²) < 4.78 is 11.9. The second-order valence-corrected chi connectivity index (χ2v) is 10.7. The molecular weight excluding hydrogens is 354 g/mol. The van der Waals surface area contributed by atoms with Gasteiger partial charge in [0.2, 0.25) is 0 Å². The molecule has 4 aliphatic rings. The highest BCUT2D eigenvalue weighted by Crippen LogP contribution is 2.35. The van der Waals surface area contributed by atoms with Crippen molar-refractivity contribution in [1.29, 1.82) is 0 Å². The number of amides is 1. The first kappa shape index (κ1) is 20.4. The number of nitrogens with zero attached hydrogens (tertiary/aromatic N) is 1. The Balaban J connectivity index is 1.23. The van der Waals surface area contributed by atoms with Crippen molar-refractivity contribution >= 4 is 6.09 Å². The molecule has 28 heavy (non-hydrogen) atoms. The molecule has 4 rings (SSSR count). The number of nitrogens with one attached hydrogen (secondary N) is 2. The number of carbonyl (C=O) groups is 1. The van der Waals surface area contributed by atoms with E-state index in [1.54, 1.807) is 4.90 Å². The van der Waals surface area contributed by atoms with Crippen molar-refractivity contribution in [3.63, 3.8) is 0 Å². The van der Waals surface area contributed by atoms with Crippen molar-refractivity contribution in [2.24, 2.45) is 0 Å². The van der Waals surface area contributed by atoms with Gasteiger partial charge in [0, 0.05) is 45.2 Å². The van der Waals surface area contributed by atoms with Gasteiger partial charge in [-0.1, -0.05) is 0 Å². The average Bonchev–Trinajstić information content (AvgIpc) is 3.32. The Bertz CT molecular complexity index is 540. The van der Waals surface area contributed by atoms with Gasteiger partial charge in [0.25, 0.3) is 0 Å². The van der Waals surface area contributed by atoms with Crippen LogP contribution in [0.2, 0.25) is 0 Å². The number of carbonyl (C=O) groups excluding carboxylic acids is 1. The number of hydrogen-bond donors (Lipinski definition) is 2. The molecule has 0 radical (unpaired) electrons. The molecule has 1 amide bonds. The number of hydrogen-bond acceptors (Lipinski definition) is 3. The van der Waals surface area contributed by atoms with E-state index in [9.17, 15) is 4.79 Å². The maximum atomic E-state index is 12.3. The van der Waals surface area contributed by atoms with Gasteiger partial charge in [-0.3, -0.25) is 0 Å². The normalized spacial score (nSPS) is 34.1. The minimum Gasteiger partial charge on any atom is -0.444 e. The third kappa shape index (κ3) is 4.65. The third-order valence-corrected chi connectivity index (χ3v) is 7.56. The van der Waals surface area contributed by atoms with Crippen LogP contribution >= 0.6 is 0 Å². The number of quaternary nitrogens is 2. The fourth-order valence-corrected chi connectivity index (χ4v) is 5.92. The van der Waals surface area contributed by atoms with Crippen LogP contribution < -0.4 is 9.80 Å². The molecule has 0 aromatic rings. The van der Waals surface area contributed by atoms with Crippen molar-refractivity contribution in [3.8, 4) is 0 Å². The van der Waals surface area contributed by atoms with Crippen molar-refractivity contribution in [2.75, 3.05) is 45.9 Å². The highest BCUT2D eigenvalue weighted by atomic mass is 16.6. The fraction of sp³-hybridized carbons (Fsp3) is 0.955. The lowest BCUT2D eigenvalue weighted by Crippen LogP contribution is -3.21. The molecule has 6 heteroatoms. The van der Waals surface area contributed by atoms with E-state index in [0.29, 0.717) is 6.04 Å². The summed E-state index contributed by atoms with van der Waals surface area (Å²) in [6.45, 7) is 13.7. The Kier molecular flexibility index (Phi) is 5.92. The Morgan fingerprint density at radius 1 is 1.00 bits per heavy atom. The Morgan fingerprint density at radius 2 is 1.61 bits per heavy atom. The van der Waals surface area contributed by atoms with Crippen LogP contribution in [0.5, 0.6) is 0 Å². The van der Waals surface area contributed by atoms with Gasteiger partial charge in [0.05, 0.1) is 44.4 Å². The smallest absolute Gasteiger partial charge is 0.410 e. The summed E-state index contributed by atoms with van der Waals surface area (Å²) >= 11 is 0. The first-order valence-electron chi connectivity index (χ1n) is 11.6. The van der Waals surface area contributed by atoms with Gasteiger partial charge in [-0.2, -0.15) is 0 Å². The molecule has 0 bridgehead atoms. The third-order valence-electron chi connectivity index (χ3n) is 7.56. The van der Waals surface area contributed by atoms with E-state index < -0.39 is 5.60 Å². The van der Waals surface area contributed by atoms with Gasteiger partial charge in [0.15, 0.2) is 0 Å². The van der Waals surface area contributed by atoms with E-state index in [1.165, 1.54) is 58.3 Å². The predicted molar refractivity (Wildman–Crippen MR) is 108 cm³/mol. The monoisotopic (exact) mass is 395 g/mol. The first-order valence-corrected chi connectivity index (χ1v) is 11.6. The van der Waals surface area contributed by atoms with Crippen molar-refractivity contribution in [2.45, 2.75) is 89.0 Å². The van der Waals surface area contributed by atoms with Gasteiger partial charge in [-0.25, -0.2) is 4.79 Å². The molecule has 1 spiro atoms. The van der Waals surface area contributed by atoms with Gasteiger partial charge in [-0.15, -0.1) is 0 Å². The van der Waals surface area contributed by atoms with Crippen LogP contribution in [-0.2, 0) is 9.47 Å². The maximum Gasteiger partial charge on any atom is 0.410 e. The first-order chi connectivity index (χ1) is 13.3. The molecule has 0 aliphatic carbocycles. The van der Waals surface area contributed by atoms with E-state index in [0.717, 1.165) is 38.6 Å². The van der Waals surface area contributed by atoms with E-state index in [-0.39, 0.29) is 11.7 Å². The van der Waals surface area contributed by atoms with Crippen molar-refractivity contribution in [3.05, 3.63) is 0 Å². The van der Waals surface area contributed by atoms with Crippen LogP contribution in [0.1, 0.15) is 65.7 Å².